The monoisotopic (exact) mass is 225 g/mol. The first-order valence-corrected chi connectivity index (χ1v) is 4.64. The normalized spacial score (nSPS) is 18.7. The van der Waals surface area contributed by atoms with E-state index in [9.17, 15) is 0 Å². The maximum absolute atomic E-state index is 8.61. The van der Waals surface area contributed by atoms with Gasteiger partial charge >= 0.3 is 0 Å². The standard InChI is InChI=1S/C8H8BrN3/c9-7-5-11-12(6-7)8(1-2-8)3-4-10/h5-6H,1-3H2. The number of aromatic nitrogens is 2. The van der Waals surface area contributed by atoms with Gasteiger partial charge in [0.1, 0.15) is 0 Å². The van der Waals surface area contributed by atoms with Crippen molar-refractivity contribution in [3.05, 3.63) is 16.9 Å². The summed E-state index contributed by atoms with van der Waals surface area (Å²) in [5.74, 6) is 0. The summed E-state index contributed by atoms with van der Waals surface area (Å²) in [5.41, 5.74) is 0.0285. The minimum absolute atomic E-state index is 0.0285. The molecule has 0 saturated heterocycles. The number of nitrogens with zero attached hydrogens (tertiary/aromatic N) is 3. The Balaban J connectivity index is 2.25. The molecule has 4 heteroatoms. The highest BCUT2D eigenvalue weighted by Crippen LogP contribution is 2.45. The van der Waals surface area contributed by atoms with E-state index in [0.29, 0.717) is 6.42 Å². The number of hydrogen-bond donors (Lipinski definition) is 0. The first-order chi connectivity index (χ1) is 5.77. The van der Waals surface area contributed by atoms with Crippen molar-refractivity contribution >= 4 is 15.9 Å². The first kappa shape index (κ1) is 7.81. The molecule has 0 aliphatic heterocycles. The topological polar surface area (TPSA) is 41.6 Å². The predicted molar refractivity (Wildman–Crippen MR) is 47.4 cm³/mol. The fourth-order valence-corrected chi connectivity index (χ4v) is 1.62. The van der Waals surface area contributed by atoms with Crippen LogP contribution < -0.4 is 0 Å². The van der Waals surface area contributed by atoms with Crippen LogP contribution in [-0.4, -0.2) is 9.78 Å². The van der Waals surface area contributed by atoms with Crippen molar-refractivity contribution in [3.8, 4) is 6.07 Å². The predicted octanol–water partition coefficient (Wildman–Crippen LogP) is 2.05. The number of nitriles is 1. The smallest absolute Gasteiger partial charge is 0.0759 e. The maximum atomic E-state index is 8.61. The van der Waals surface area contributed by atoms with Crippen LogP contribution in [0.4, 0.5) is 0 Å². The van der Waals surface area contributed by atoms with Gasteiger partial charge < -0.3 is 0 Å². The summed E-state index contributed by atoms with van der Waals surface area (Å²) >= 11 is 3.34. The van der Waals surface area contributed by atoms with E-state index < -0.39 is 0 Å². The molecule has 1 saturated carbocycles. The van der Waals surface area contributed by atoms with Crippen LogP contribution in [0.15, 0.2) is 16.9 Å². The molecule has 0 radical (unpaired) electrons. The molecule has 1 heterocycles. The molecular formula is C8H8BrN3. The van der Waals surface area contributed by atoms with Crippen LogP contribution in [0.1, 0.15) is 19.3 Å². The maximum Gasteiger partial charge on any atom is 0.0759 e. The lowest BCUT2D eigenvalue weighted by atomic mass is 10.2. The van der Waals surface area contributed by atoms with E-state index >= 15 is 0 Å². The van der Waals surface area contributed by atoms with Gasteiger partial charge in [0.15, 0.2) is 0 Å². The molecule has 0 atom stereocenters. The number of rotatable bonds is 2. The lowest BCUT2D eigenvalue weighted by molar-refractivity contribution is 0.440. The average Bonchev–Trinajstić information content (AvgIpc) is 2.69. The minimum Gasteiger partial charge on any atom is -0.264 e. The summed E-state index contributed by atoms with van der Waals surface area (Å²) in [4.78, 5) is 0. The Morgan fingerprint density at radius 2 is 2.50 bits per heavy atom. The van der Waals surface area contributed by atoms with Crippen molar-refractivity contribution in [1.82, 2.24) is 9.78 Å². The minimum atomic E-state index is 0.0285. The zero-order valence-corrected chi connectivity index (χ0v) is 8.08. The van der Waals surface area contributed by atoms with Crippen LogP contribution in [-0.2, 0) is 5.54 Å². The molecule has 0 bridgehead atoms. The van der Waals surface area contributed by atoms with Crippen LogP contribution in [0.25, 0.3) is 0 Å². The quantitative estimate of drug-likeness (QED) is 0.774. The fraction of sp³-hybridized carbons (Fsp3) is 0.500. The highest BCUT2D eigenvalue weighted by atomic mass is 79.9. The van der Waals surface area contributed by atoms with Crippen LogP contribution in [0, 0.1) is 11.3 Å². The van der Waals surface area contributed by atoms with Gasteiger partial charge in [-0.05, 0) is 28.8 Å². The number of halogens is 1. The van der Waals surface area contributed by atoms with Gasteiger partial charge in [-0.1, -0.05) is 0 Å². The van der Waals surface area contributed by atoms with Gasteiger partial charge in [-0.25, -0.2) is 0 Å². The molecule has 1 aliphatic rings. The van der Waals surface area contributed by atoms with E-state index in [1.165, 1.54) is 0 Å². The van der Waals surface area contributed by atoms with Gasteiger partial charge in [0.05, 0.1) is 28.7 Å². The molecule has 1 aromatic rings. The second-order valence-corrected chi connectivity index (χ2v) is 4.08. The van der Waals surface area contributed by atoms with Gasteiger partial charge in [0.25, 0.3) is 0 Å². The highest BCUT2D eigenvalue weighted by molar-refractivity contribution is 9.10. The zero-order chi connectivity index (χ0) is 8.60. The third-order valence-electron chi connectivity index (χ3n) is 2.27. The summed E-state index contributed by atoms with van der Waals surface area (Å²) in [7, 11) is 0. The third kappa shape index (κ3) is 1.14. The molecule has 1 fully saturated rings. The van der Waals surface area contributed by atoms with Crippen LogP contribution in [0.5, 0.6) is 0 Å². The largest absolute Gasteiger partial charge is 0.264 e. The summed E-state index contributed by atoms with van der Waals surface area (Å²) in [6, 6.07) is 2.20. The van der Waals surface area contributed by atoms with Gasteiger partial charge in [-0.2, -0.15) is 10.4 Å². The molecule has 12 heavy (non-hydrogen) atoms. The molecule has 0 amide bonds. The summed E-state index contributed by atoms with van der Waals surface area (Å²) in [5, 5.41) is 12.8. The van der Waals surface area contributed by atoms with E-state index in [4.69, 9.17) is 5.26 Å². The molecule has 0 aromatic carbocycles. The van der Waals surface area contributed by atoms with Crippen LogP contribution in [0.2, 0.25) is 0 Å². The van der Waals surface area contributed by atoms with Gasteiger partial charge in [0.2, 0.25) is 0 Å². The van der Waals surface area contributed by atoms with E-state index in [1.807, 2.05) is 10.9 Å². The van der Waals surface area contributed by atoms with Crippen molar-refractivity contribution < 1.29 is 0 Å². The Labute approximate surface area is 79.1 Å². The number of hydrogen-bond acceptors (Lipinski definition) is 2. The lowest BCUT2D eigenvalue weighted by Crippen LogP contribution is -2.16. The molecule has 0 unspecified atom stereocenters. The molecule has 0 spiro atoms. The zero-order valence-electron chi connectivity index (χ0n) is 6.50. The Morgan fingerprint density at radius 1 is 1.75 bits per heavy atom. The van der Waals surface area contributed by atoms with Crippen molar-refractivity contribution in [2.24, 2.45) is 0 Å². The highest BCUT2D eigenvalue weighted by Gasteiger charge is 2.45. The van der Waals surface area contributed by atoms with Crippen molar-refractivity contribution in [1.29, 1.82) is 5.26 Å². The van der Waals surface area contributed by atoms with E-state index in [-0.39, 0.29) is 5.54 Å². The summed E-state index contributed by atoms with van der Waals surface area (Å²) < 4.78 is 2.88. The molecule has 3 nitrogen and oxygen atoms in total. The van der Waals surface area contributed by atoms with E-state index in [0.717, 1.165) is 17.3 Å². The molecular weight excluding hydrogens is 218 g/mol. The third-order valence-corrected chi connectivity index (χ3v) is 2.68. The Kier molecular flexibility index (Phi) is 1.69. The summed E-state index contributed by atoms with van der Waals surface area (Å²) in [6.45, 7) is 0. The Morgan fingerprint density at radius 3 is 2.92 bits per heavy atom. The molecule has 0 N–H and O–H groups in total. The molecule has 2 rings (SSSR count). The average molecular weight is 226 g/mol. The second-order valence-electron chi connectivity index (χ2n) is 3.16. The lowest BCUT2D eigenvalue weighted by Gasteiger charge is -2.10. The van der Waals surface area contributed by atoms with Crippen molar-refractivity contribution in [2.45, 2.75) is 24.8 Å². The van der Waals surface area contributed by atoms with Crippen LogP contribution in [0.3, 0.4) is 0 Å². The molecule has 1 aliphatic carbocycles. The molecule has 62 valence electrons. The Hall–Kier alpha value is -0.820. The van der Waals surface area contributed by atoms with Gasteiger partial charge in [-0.15, -0.1) is 0 Å². The van der Waals surface area contributed by atoms with E-state index in [2.05, 4.69) is 27.1 Å². The fourth-order valence-electron chi connectivity index (χ4n) is 1.34. The first-order valence-electron chi connectivity index (χ1n) is 3.84. The van der Waals surface area contributed by atoms with Crippen molar-refractivity contribution in [2.75, 3.05) is 0 Å². The van der Waals surface area contributed by atoms with Gasteiger partial charge in [0, 0.05) is 6.20 Å². The SMILES string of the molecule is N#CCC1(n2cc(Br)cn2)CC1. The summed E-state index contributed by atoms with van der Waals surface area (Å²) in [6.07, 6.45) is 6.42. The Bertz CT molecular complexity index is 332. The van der Waals surface area contributed by atoms with Gasteiger partial charge in [-0.3, -0.25) is 4.68 Å². The second kappa shape index (κ2) is 2.60. The van der Waals surface area contributed by atoms with Crippen molar-refractivity contribution in [3.63, 3.8) is 0 Å². The molecule has 1 aromatic heterocycles. The van der Waals surface area contributed by atoms with E-state index in [1.54, 1.807) is 6.20 Å². The van der Waals surface area contributed by atoms with Crippen LogP contribution >= 0.6 is 15.9 Å².